The topological polar surface area (TPSA) is 32.3 Å². The van der Waals surface area contributed by atoms with E-state index in [1.54, 1.807) is 0 Å². The van der Waals surface area contributed by atoms with E-state index in [2.05, 4.69) is 37.9 Å². The zero-order chi connectivity index (χ0) is 15.5. The molecule has 1 heterocycles. The number of nitrogens with zero attached hydrogens (tertiary/aromatic N) is 1. The molecule has 1 aliphatic heterocycles. The molecule has 0 spiro atoms. The van der Waals surface area contributed by atoms with Crippen molar-refractivity contribution in [1.82, 2.24) is 10.2 Å². The van der Waals surface area contributed by atoms with Gasteiger partial charge in [-0.1, -0.05) is 46.5 Å². The Hall–Kier alpha value is -0.570. The van der Waals surface area contributed by atoms with Crippen LogP contribution in [0.4, 0.5) is 0 Å². The van der Waals surface area contributed by atoms with Gasteiger partial charge in [0.25, 0.3) is 0 Å². The highest BCUT2D eigenvalue weighted by atomic mass is 16.2. The first-order valence-electron chi connectivity index (χ1n) is 9.12. The van der Waals surface area contributed by atoms with Gasteiger partial charge in [-0.25, -0.2) is 0 Å². The molecule has 0 radical (unpaired) electrons. The lowest BCUT2D eigenvalue weighted by molar-refractivity contribution is -0.133. The van der Waals surface area contributed by atoms with E-state index in [1.165, 1.54) is 32.1 Å². The molecule has 1 aliphatic carbocycles. The molecule has 1 saturated heterocycles. The molecule has 2 unspecified atom stereocenters. The molecule has 3 heteroatoms. The Morgan fingerprint density at radius 2 is 1.76 bits per heavy atom. The van der Waals surface area contributed by atoms with Crippen molar-refractivity contribution >= 4 is 5.91 Å². The van der Waals surface area contributed by atoms with Gasteiger partial charge >= 0.3 is 0 Å². The quantitative estimate of drug-likeness (QED) is 0.805. The molecule has 1 N–H and O–H groups in total. The second-order valence-electron chi connectivity index (χ2n) is 7.39. The van der Waals surface area contributed by atoms with Crippen molar-refractivity contribution in [3.05, 3.63) is 0 Å². The van der Waals surface area contributed by atoms with E-state index in [0.29, 0.717) is 5.91 Å². The van der Waals surface area contributed by atoms with Crippen LogP contribution in [0.15, 0.2) is 0 Å². The maximum atomic E-state index is 12.8. The molecule has 0 aromatic rings. The molecule has 21 heavy (non-hydrogen) atoms. The second-order valence-corrected chi connectivity index (χ2v) is 7.39. The summed E-state index contributed by atoms with van der Waals surface area (Å²) in [6.45, 7) is 9.68. The van der Waals surface area contributed by atoms with E-state index < -0.39 is 0 Å². The summed E-state index contributed by atoms with van der Waals surface area (Å²) in [5.74, 6) is 1.99. The molecule has 2 fully saturated rings. The van der Waals surface area contributed by atoms with Crippen LogP contribution in [0.3, 0.4) is 0 Å². The first-order valence-corrected chi connectivity index (χ1v) is 9.12. The minimum absolute atomic E-state index is 0.261. The first-order chi connectivity index (χ1) is 10.0. The van der Waals surface area contributed by atoms with E-state index in [9.17, 15) is 4.79 Å². The van der Waals surface area contributed by atoms with Crippen molar-refractivity contribution in [3.8, 4) is 0 Å². The summed E-state index contributed by atoms with van der Waals surface area (Å²) in [6, 6.07) is 0. The second kappa shape index (κ2) is 7.13. The van der Waals surface area contributed by atoms with Crippen molar-refractivity contribution in [2.75, 3.05) is 6.54 Å². The largest absolute Gasteiger partial charge is 0.325 e. The molecule has 2 rings (SSSR count). The lowest BCUT2D eigenvalue weighted by atomic mass is 9.80. The molecule has 2 atom stereocenters. The van der Waals surface area contributed by atoms with Gasteiger partial charge in [0.05, 0.1) is 11.7 Å². The highest BCUT2D eigenvalue weighted by Gasteiger charge is 2.46. The number of carbonyl (C=O) groups is 1. The van der Waals surface area contributed by atoms with Crippen molar-refractivity contribution in [3.63, 3.8) is 0 Å². The minimum Gasteiger partial charge on any atom is -0.325 e. The number of rotatable bonds is 6. The Kier molecular flexibility index (Phi) is 5.70. The van der Waals surface area contributed by atoms with Gasteiger partial charge in [0.1, 0.15) is 0 Å². The average molecular weight is 294 g/mol. The standard InChI is InChI=1S/C18H34N2O/c1-5-8-16-19-18(4,7-3)17(21)20(16)13-15-11-9-14(6-2)10-12-15/h14-16,19H,5-13H2,1-4H3. The predicted octanol–water partition coefficient (Wildman–Crippen LogP) is 3.93. The van der Waals surface area contributed by atoms with Crippen molar-refractivity contribution < 1.29 is 4.79 Å². The number of hydrogen-bond acceptors (Lipinski definition) is 2. The lowest BCUT2D eigenvalue weighted by Crippen LogP contribution is -2.43. The average Bonchev–Trinajstić information content (AvgIpc) is 2.74. The van der Waals surface area contributed by atoms with Crippen LogP contribution in [-0.4, -0.2) is 29.1 Å². The summed E-state index contributed by atoms with van der Waals surface area (Å²) in [7, 11) is 0. The van der Waals surface area contributed by atoms with Crippen LogP contribution in [0, 0.1) is 11.8 Å². The van der Waals surface area contributed by atoms with Gasteiger partial charge in [-0.2, -0.15) is 0 Å². The maximum absolute atomic E-state index is 12.8. The smallest absolute Gasteiger partial charge is 0.243 e. The van der Waals surface area contributed by atoms with Crippen LogP contribution in [0.25, 0.3) is 0 Å². The third kappa shape index (κ3) is 3.61. The normalized spacial score (nSPS) is 37.2. The van der Waals surface area contributed by atoms with Crippen LogP contribution in [0.5, 0.6) is 0 Å². The van der Waals surface area contributed by atoms with Gasteiger partial charge in [0.15, 0.2) is 0 Å². The van der Waals surface area contributed by atoms with Crippen LogP contribution < -0.4 is 5.32 Å². The van der Waals surface area contributed by atoms with Crippen LogP contribution >= 0.6 is 0 Å². The van der Waals surface area contributed by atoms with Gasteiger partial charge in [-0.3, -0.25) is 10.1 Å². The minimum atomic E-state index is -0.333. The number of amides is 1. The zero-order valence-electron chi connectivity index (χ0n) is 14.5. The fourth-order valence-electron chi connectivity index (χ4n) is 4.03. The van der Waals surface area contributed by atoms with Crippen LogP contribution in [-0.2, 0) is 4.79 Å². The highest BCUT2D eigenvalue weighted by Crippen LogP contribution is 2.33. The van der Waals surface area contributed by atoms with E-state index in [4.69, 9.17) is 0 Å². The molecule has 122 valence electrons. The van der Waals surface area contributed by atoms with E-state index >= 15 is 0 Å². The molecule has 2 aliphatic rings. The summed E-state index contributed by atoms with van der Waals surface area (Å²) < 4.78 is 0. The van der Waals surface area contributed by atoms with E-state index in [-0.39, 0.29) is 11.7 Å². The molecule has 0 aromatic carbocycles. The highest BCUT2D eigenvalue weighted by molar-refractivity contribution is 5.88. The van der Waals surface area contributed by atoms with Gasteiger partial charge in [-0.15, -0.1) is 0 Å². The molecule has 1 saturated carbocycles. The molecule has 1 amide bonds. The Labute approximate surface area is 130 Å². The maximum Gasteiger partial charge on any atom is 0.243 e. The fourth-order valence-corrected chi connectivity index (χ4v) is 4.03. The summed E-state index contributed by atoms with van der Waals surface area (Å²) in [6.07, 6.45) is 10.0. The van der Waals surface area contributed by atoms with Crippen molar-refractivity contribution in [2.24, 2.45) is 11.8 Å². The fraction of sp³-hybridized carbons (Fsp3) is 0.944. The lowest BCUT2D eigenvalue weighted by Gasteiger charge is -2.33. The summed E-state index contributed by atoms with van der Waals surface area (Å²) in [5.41, 5.74) is -0.333. The summed E-state index contributed by atoms with van der Waals surface area (Å²) in [5, 5.41) is 3.60. The van der Waals surface area contributed by atoms with Gasteiger partial charge < -0.3 is 4.90 Å². The van der Waals surface area contributed by atoms with Crippen molar-refractivity contribution in [2.45, 2.75) is 90.8 Å². The Morgan fingerprint density at radius 3 is 2.29 bits per heavy atom. The number of nitrogens with one attached hydrogen (secondary N) is 1. The van der Waals surface area contributed by atoms with Gasteiger partial charge in [0.2, 0.25) is 5.91 Å². The molecule has 3 nitrogen and oxygen atoms in total. The van der Waals surface area contributed by atoms with Crippen LogP contribution in [0.1, 0.15) is 79.1 Å². The summed E-state index contributed by atoms with van der Waals surface area (Å²) in [4.78, 5) is 15.0. The SMILES string of the molecule is CCCC1NC(C)(CC)C(=O)N1CC1CCC(CC)CC1. The zero-order valence-corrected chi connectivity index (χ0v) is 14.5. The third-order valence-electron chi connectivity index (χ3n) is 5.86. The Balaban J connectivity index is 1.98. The van der Waals surface area contributed by atoms with E-state index in [0.717, 1.165) is 37.6 Å². The number of hydrogen-bond donors (Lipinski definition) is 1. The molecular formula is C18H34N2O. The summed E-state index contributed by atoms with van der Waals surface area (Å²) >= 11 is 0. The Morgan fingerprint density at radius 1 is 1.14 bits per heavy atom. The number of carbonyl (C=O) groups excluding carboxylic acids is 1. The van der Waals surface area contributed by atoms with Crippen molar-refractivity contribution in [1.29, 1.82) is 0 Å². The monoisotopic (exact) mass is 294 g/mol. The predicted molar refractivity (Wildman–Crippen MR) is 88.0 cm³/mol. The van der Waals surface area contributed by atoms with Gasteiger partial charge in [0, 0.05) is 6.54 Å². The Bertz CT molecular complexity index is 349. The molecule has 0 bridgehead atoms. The first kappa shape index (κ1) is 16.8. The van der Waals surface area contributed by atoms with Crippen LogP contribution in [0.2, 0.25) is 0 Å². The van der Waals surface area contributed by atoms with E-state index in [1.807, 2.05) is 0 Å². The molecule has 0 aromatic heterocycles. The molecular weight excluding hydrogens is 260 g/mol. The third-order valence-corrected chi connectivity index (χ3v) is 5.86. The van der Waals surface area contributed by atoms with Gasteiger partial charge in [-0.05, 0) is 44.4 Å².